The molecule has 1 aliphatic heterocycles. The summed E-state index contributed by atoms with van der Waals surface area (Å²) in [4.78, 5) is 12.9. The van der Waals surface area contributed by atoms with Gasteiger partial charge in [0.25, 0.3) is 0 Å². The van der Waals surface area contributed by atoms with Gasteiger partial charge in [-0.15, -0.1) is 0 Å². The largest absolute Gasteiger partial charge is 0.508 e. The number of rotatable bonds is 5. The molecular weight excluding hydrogens is 266 g/mol. The number of aliphatic carboxylic acids is 1. The Balaban J connectivity index is 1.98. The summed E-state index contributed by atoms with van der Waals surface area (Å²) in [7, 11) is 0. The average Bonchev–Trinajstić information content (AvgIpc) is 2.42. The van der Waals surface area contributed by atoms with Gasteiger partial charge in [0.15, 0.2) is 0 Å². The maximum Gasteiger partial charge on any atom is 0.303 e. The van der Waals surface area contributed by atoms with Crippen LogP contribution in [0.3, 0.4) is 0 Å². The van der Waals surface area contributed by atoms with E-state index in [1.165, 1.54) is 5.56 Å². The fraction of sp³-hybridized carbons (Fsp3) is 0.588. The molecule has 0 saturated carbocycles. The SMILES string of the molecule is C[C@H]1CN(CCCC(=O)O)CC[C@@]1(C)c1cccc(O)c1. The molecule has 4 nitrogen and oxygen atoms in total. The third kappa shape index (κ3) is 3.76. The second-order valence-corrected chi connectivity index (χ2v) is 6.42. The molecule has 0 bridgehead atoms. The lowest BCUT2D eigenvalue weighted by Gasteiger charge is -2.45. The Bertz CT molecular complexity index is 503. The van der Waals surface area contributed by atoms with E-state index in [4.69, 9.17) is 5.11 Å². The van der Waals surface area contributed by atoms with Crippen LogP contribution in [0.25, 0.3) is 0 Å². The number of phenolic OH excluding ortho intramolecular Hbond substituents is 1. The predicted molar refractivity (Wildman–Crippen MR) is 82.5 cm³/mol. The summed E-state index contributed by atoms with van der Waals surface area (Å²) in [5, 5.41) is 18.4. The van der Waals surface area contributed by atoms with Gasteiger partial charge in [-0.25, -0.2) is 0 Å². The van der Waals surface area contributed by atoms with Crippen molar-refractivity contribution in [2.75, 3.05) is 19.6 Å². The van der Waals surface area contributed by atoms with Crippen LogP contribution in [-0.2, 0) is 10.2 Å². The van der Waals surface area contributed by atoms with Crippen molar-refractivity contribution in [2.24, 2.45) is 5.92 Å². The summed E-state index contributed by atoms with van der Waals surface area (Å²) in [6, 6.07) is 7.58. The van der Waals surface area contributed by atoms with Crippen molar-refractivity contribution in [1.29, 1.82) is 0 Å². The third-order valence-corrected chi connectivity index (χ3v) is 4.94. The van der Waals surface area contributed by atoms with Gasteiger partial charge >= 0.3 is 5.97 Å². The third-order valence-electron chi connectivity index (χ3n) is 4.94. The van der Waals surface area contributed by atoms with Gasteiger partial charge in [-0.2, -0.15) is 0 Å². The van der Waals surface area contributed by atoms with E-state index in [1.807, 2.05) is 12.1 Å². The molecule has 0 spiro atoms. The fourth-order valence-electron chi connectivity index (χ4n) is 3.26. The van der Waals surface area contributed by atoms with Crippen molar-refractivity contribution >= 4 is 5.97 Å². The van der Waals surface area contributed by atoms with Crippen LogP contribution in [0.4, 0.5) is 0 Å². The van der Waals surface area contributed by atoms with Crippen LogP contribution < -0.4 is 0 Å². The molecule has 0 radical (unpaired) electrons. The van der Waals surface area contributed by atoms with Crippen molar-refractivity contribution in [3.8, 4) is 5.75 Å². The van der Waals surface area contributed by atoms with Crippen molar-refractivity contribution in [3.63, 3.8) is 0 Å². The highest BCUT2D eigenvalue weighted by molar-refractivity contribution is 5.66. The maximum absolute atomic E-state index is 10.6. The number of benzene rings is 1. The molecule has 2 N–H and O–H groups in total. The van der Waals surface area contributed by atoms with Crippen LogP contribution in [-0.4, -0.2) is 40.7 Å². The summed E-state index contributed by atoms with van der Waals surface area (Å²) in [5.41, 5.74) is 1.27. The van der Waals surface area contributed by atoms with E-state index < -0.39 is 5.97 Å². The molecule has 1 aromatic rings. The summed E-state index contributed by atoms with van der Waals surface area (Å²) in [5.74, 6) is 0.0762. The topological polar surface area (TPSA) is 60.8 Å². The molecule has 0 aliphatic carbocycles. The zero-order valence-corrected chi connectivity index (χ0v) is 12.9. The van der Waals surface area contributed by atoms with E-state index >= 15 is 0 Å². The van der Waals surface area contributed by atoms with Gasteiger partial charge in [-0.05, 0) is 55.0 Å². The molecule has 0 aromatic heterocycles. The van der Waals surface area contributed by atoms with Crippen LogP contribution in [0.15, 0.2) is 24.3 Å². The number of carboxylic acid groups (broad SMARTS) is 1. The lowest BCUT2D eigenvalue weighted by atomic mass is 9.68. The number of nitrogens with zero attached hydrogens (tertiary/aromatic N) is 1. The Kier molecular flexibility index (Phi) is 4.88. The van der Waals surface area contributed by atoms with Crippen LogP contribution in [0.5, 0.6) is 5.75 Å². The Morgan fingerprint density at radius 3 is 2.86 bits per heavy atom. The van der Waals surface area contributed by atoms with Gasteiger partial charge in [0, 0.05) is 13.0 Å². The number of hydrogen-bond acceptors (Lipinski definition) is 3. The molecule has 0 amide bonds. The number of carbonyl (C=O) groups is 1. The summed E-state index contributed by atoms with van der Waals surface area (Å²) in [6.45, 7) is 7.32. The molecule has 0 unspecified atom stereocenters. The second-order valence-electron chi connectivity index (χ2n) is 6.42. The van der Waals surface area contributed by atoms with Gasteiger partial charge in [-0.1, -0.05) is 26.0 Å². The van der Waals surface area contributed by atoms with Crippen LogP contribution in [0.1, 0.15) is 38.7 Å². The fourth-order valence-corrected chi connectivity index (χ4v) is 3.26. The molecule has 1 saturated heterocycles. The minimum atomic E-state index is -0.718. The number of piperidine rings is 1. The second kappa shape index (κ2) is 6.48. The van der Waals surface area contributed by atoms with E-state index in [0.717, 1.165) is 26.1 Å². The van der Waals surface area contributed by atoms with Gasteiger partial charge in [0.1, 0.15) is 5.75 Å². The zero-order valence-electron chi connectivity index (χ0n) is 12.9. The van der Waals surface area contributed by atoms with Crippen LogP contribution in [0, 0.1) is 5.92 Å². The van der Waals surface area contributed by atoms with E-state index in [9.17, 15) is 9.90 Å². The Hall–Kier alpha value is -1.55. The lowest BCUT2D eigenvalue weighted by molar-refractivity contribution is -0.137. The number of phenols is 1. The van der Waals surface area contributed by atoms with E-state index in [2.05, 4.69) is 24.8 Å². The molecule has 4 heteroatoms. The molecule has 2 atom stereocenters. The number of carboxylic acids is 1. The molecular formula is C17H25NO3. The minimum Gasteiger partial charge on any atom is -0.508 e. The van der Waals surface area contributed by atoms with Gasteiger partial charge in [-0.3, -0.25) is 4.79 Å². The number of hydrogen-bond donors (Lipinski definition) is 2. The molecule has 2 rings (SSSR count). The summed E-state index contributed by atoms with van der Waals surface area (Å²) in [6.07, 6.45) is 1.99. The molecule has 1 aliphatic rings. The number of likely N-dealkylation sites (tertiary alicyclic amines) is 1. The summed E-state index contributed by atoms with van der Waals surface area (Å²) < 4.78 is 0. The average molecular weight is 291 g/mol. The molecule has 1 aromatic carbocycles. The Morgan fingerprint density at radius 2 is 2.24 bits per heavy atom. The lowest BCUT2D eigenvalue weighted by Crippen LogP contribution is -2.47. The minimum absolute atomic E-state index is 0.0715. The van der Waals surface area contributed by atoms with Crippen LogP contribution in [0.2, 0.25) is 0 Å². The quantitative estimate of drug-likeness (QED) is 0.875. The monoisotopic (exact) mass is 291 g/mol. The Morgan fingerprint density at radius 1 is 1.48 bits per heavy atom. The highest BCUT2D eigenvalue weighted by atomic mass is 16.4. The molecule has 116 valence electrons. The zero-order chi connectivity index (χ0) is 15.5. The highest BCUT2D eigenvalue weighted by Crippen LogP contribution is 2.40. The van der Waals surface area contributed by atoms with E-state index in [0.29, 0.717) is 18.1 Å². The van der Waals surface area contributed by atoms with Gasteiger partial charge in [0.05, 0.1) is 0 Å². The van der Waals surface area contributed by atoms with E-state index in [-0.39, 0.29) is 11.8 Å². The highest BCUT2D eigenvalue weighted by Gasteiger charge is 2.37. The van der Waals surface area contributed by atoms with Crippen molar-refractivity contribution in [2.45, 2.75) is 38.5 Å². The predicted octanol–water partition coefficient (Wildman–Crippen LogP) is 2.86. The number of aromatic hydroxyl groups is 1. The first kappa shape index (κ1) is 15.8. The molecule has 1 fully saturated rings. The standard InChI is InChI=1S/C17H25NO3/c1-13-12-18(9-4-7-16(20)21)10-8-17(13,2)14-5-3-6-15(19)11-14/h3,5-6,11,13,19H,4,7-10,12H2,1-2H3,(H,20,21)/t13-,17+/m0/s1. The molecule has 21 heavy (non-hydrogen) atoms. The van der Waals surface area contributed by atoms with Crippen molar-refractivity contribution < 1.29 is 15.0 Å². The normalized spacial score (nSPS) is 26.7. The van der Waals surface area contributed by atoms with Crippen LogP contribution >= 0.6 is 0 Å². The molecule has 1 heterocycles. The first-order valence-corrected chi connectivity index (χ1v) is 7.65. The maximum atomic E-state index is 10.6. The smallest absolute Gasteiger partial charge is 0.303 e. The van der Waals surface area contributed by atoms with Crippen molar-refractivity contribution in [1.82, 2.24) is 4.90 Å². The first-order valence-electron chi connectivity index (χ1n) is 7.65. The van der Waals surface area contributed by atoms with Gasteiger partial charge in [0.2, 0.25) is 0 Å². The van der Waals surface area contributed by atoms with E-state index in [1.54, 1.807) is 6.07 Å². The van der Waals surface area contributed by atoms with Gasteiger partial charge < -0.3 is 15.1 Å². The summed E-state index contributed by atoms with van der Waals surface area (Å²) >= 11 is 0. The van der Waals surface area contributed by atoms with Crippen molar-refractivity contribution in [3.05, 3.63) is 29.8 Å². The Labute approximate surface area is 126 Å². The first-order chi connectivity index (χ1) is 9.91.